The first kappa shape index (κ1) is 12.4. The first-order chi connectivity index (χ1) is 21.3. The fourth-order valence-electron chi connectivity index (χ4n) is 4.32. The molecule has 1 aliphatic carbocycles. The second kappa shape index (κ2) is 7.98. The number of carboxylic acid groups (broad SMARTS) is 1. The number of benzene rings is 3. The zero-order valence-corrected chi connectivity index (χ0v) is 19.4. The van der Waals surface area contributed by atoms with Crippen molar-refractivity contribution in [3.05, 3.63) is 71.1 Å². The van der Waals surface area contributed by atoms with E-state index >= 15 is 0 Å². The number of carboxylic acids is 1. The van der Waals surface area contributed by atoms with E-state index in [1.54, 1.807) is 12.1 Å². The van der Waals surface area contributed by atoms with Gasteiger partial charge in [0.2, 0.25) is 5.36 Å². The molecule has 1 N–H and O–H groups in total. The van der Waals surface area contributed by atoms with Crippen LogP contribution in [0.15, 0.2) is 59.0 Å². The lowest BCUT2D eigenvalue weighted by Crippen LogP contribution is -2.40. The first-order valence-corrected chi connectivity index (χ1v) is 11.1. The average molecular weight is 480 g/mol. The molecule has 3 aliphatic heterocycles. The number of anilines is 1. The molecule has 2 aromatic rings. The maximum atomic E-state index is 12.5. The van der Waals surface area contributed by atoms with Crippen LogP contribution in [0.25, 0.3) is 33.4 Å². The van der Waals surface area contributed by atoms with E-state index in [4.69, 9.17) is 20.9 Å². The monoisotopic (exact) mass is 479 g/mol. The topological polar surface area (TPSA) is 56.7 Å². The van der Waals surface area contributed by atoms with Crippen molar-refractivity contribution in [2.75, 3.05) is 30.9 Å². The molecule has 0 atom stereocenters. The quantitative estimate of drug-likeness (QED) is 0.308. The van der Waals surface area contributed by atoms with Crippen molar-refractivity contribution >= 4 is 22.6 Å². The highest BCUT2D eigenvalue weighted by atomic mass is 16.4. The zero-order chi connectivity index (χ0) is 35.1. The van der Waals surface area contributed by atoms with Crippen molar-refractivity contribution in [2.45, 2.75) is 38.9 Å². The summed E-state index contributed by atoms with van der Waals surface area (Å²) in [6.45, 7) is -5.05. The second-order valence-electron chi connectivity index (χ2n) is 9.52. The minimum Gasteiger partial charge on any atom is -0.478 e. The number of aromatic carboxylic acids is 1. The van der Waals surface area contributed by atoms with Gasteiger partial charge in [-0.3, -0.25) is 0 Å². The van der Waals surface area contributed by atoms with Crippen LogP contribution in [0.1, 0.15) is 65.9 Å². The van der Waals surface area contributed by atoms with E-state index in [1.165, 1.54) is 42.5 Å². The third-order valence-corrected chi connectivity index (χ3v) is 6.26. The predicted molar refractivity (Wildman–Crippen MR) is 140 cm³/mol. The molecule has 178 valence electrons. The Bertz CT molecular complexity index is 2010. The molecule has 0 amide bonds. The second-order valence-corrected chi connectivity index (χ2v) is 9.52. The van der Waals surface area contributed by atoms with E-state index in [9.17, 15) is 9.90 Å². The summed E-state index contributed by atoms with van der Waals surface area (Å²) in [4.78, 5) is 13.2. The average Bonchev–Trinajstić information content (AvgIpc) is 2.94. The van der Waals surface area contributed by atoms with Gasteiger partial charge >= 0.3 is 5.97 Å². The molecule has 0 saturated carbocycles. The Kier molecular flexibility index (Phi) is 2.82. The van der Waals surface area contributed by atoms with Crippen LogP contribution < -0.4 is 14.8 Å². The Morgan fingerprint density at radius 2 is 1.80 bits per heavy atom. The van der Waals surface area contributed by atoms with E-state index in [2.05, 4.69) is 0 Å². The Hall–Kier alpha value is -3.60. The van der Waals surface area contributed by atoms with Gasteiger partial charge in [-0.05, 0) is 53.2 Å². The van der Waals surface area contributed by atoms with Crippen LogP contribution in [0.4, 0.5) is 5.69 Å². The first-order valence-electron chi connectivity index (χ1n) is 17.1. The van der Waals surface area contributed by atoms with Crippen LogP contribution in [0.5, 0.6) is 0 Å². The number of hydrogen-bond acceptors (Lipinski definition) is 3. The van der Waals surface area contributed by atoms with E-state index in [1.807, 2.05) is 20.8 Å². The standard InChI is InChI=1S/C30H30N2O3/c1-30(2,3)19-6-9-22(29(33)34)25(16-19)28-23-10-7-20(31-12-4-13-31)17-26(23)35-27-18-21(8-11-24(27)28)32-14-5-15-32/h6-11,16-18H,4-5,12-15H2,1-3H3/p+1/i4D2,5D2,12D2,13D2,14D2,15D2. The smallest absolute Gasteiger partial charge is 0.336 e. The lowest BCUT2D eigenvalue weighted by Gasteiger charge is -2.33. The van der Waals surface area contributed by atoms with Crippen molar-refractivity contribution in [3.63, 3.8) is 0 Å². The van der Waals surface area contributed by atoms with Gasteiger partial charge < -0.3 is 14.4 Å². The fraction of sp³-hybridized carbons (Fsp3) is 0.333. The minimum absolute atomic E-state index is 0.0312. The SMILES string of the molecule is [2H]C1([2H])N(c2ccc3c(-c4cc(C(C)(C)C)ccc4C(=O)O)c4ccc(=[N+]5C([2H])([2H])C([2H])([2H])C5([2H])[2H])cc-4oc3c2)C([2H])([2H])C1([2H])[2H]. The molecule has 5 heteroatoms. The molecule has 0 radical (unpaired) electrons. The van der Waals surface area contributed by atoms with E-state index < -0.39 is 50.1 Å². The Morgan fingerprint density at radius 1 is 1.00 bits per heavy atom. The number of fused-ring (bicyclic) bond motifs is 2. The fourth-order valence-corrected chi connectivity index (χ4v) is 4.32. The highest BCUT2D eigenvalue weighted by molar-refractivity contribution is 6.08. The Balaban J connectivity index is 1.72. The minimum atomic E-state index is -2.85. The molecule has 2 fully saturated rings. The number of nitrogens with zero attached hydrogens (tertiary/aromatic N) is 2. The molecule has 5 nitrogen and oxygen atoms in total. The molecule has 0 unspecified atom stereocenters. The molecule has 2 aromatic carbocycles. The van der Waals surface area contributed by atoms with E-state index in [0.717, 1.165) is 5.56 Å². The van der Waals surface area contributed by atoms with Gasteiger partial charge in [0.05, 0.1) is 18.0 Å². The summed E-state index contributed by atoms with van der Waals surface area (Å²) in [6.07, 6.45) is -5.70. The van der Waals surface area contributed by atoms with Crippen molar-refractivity contribution in [2.24, 2.45) is 0 Å². The predicted octanol–water partition coefficient (Wildman–Crippen LogP) is 5.59. The summed E-state index contributed by atoms with van der Waals surface area (Å²) in [5.41, 5.74) is 1.37. The molecule has 2 saturated heterocycles. The Morgan fingerprint density at radius 3 is 2.54 bits per heavy atom. The molecule has 0 spiro atoms. The zero-order valence-electron chi connectivity index (χ0n) is 31.4. The molecule has 6 rings (SSSR count). The number of rotatable bonds is 3. The van der Waals surface area contributed by atoms with Gasteiger partial charge in [0.25, 0.3) is 0 Å². The highest BCUT2D eigenvalue weighted by Gasteiger charge is 2.26. The van der Waals surface area contributed by atoms with Crippen molar-refractivity contribution < 1.29 is 30.8 Å². The summed E-state index contributed by atoms with van der Waals surface area (Å²) in [6, 6.07) is 13.4. The number of carbonyl (C=O) groups is 1. The normalized spacial score (nSPS) is 29.6. The molecule has 4 aliphatic rings. The van der Waals surface area contributed by atoms with Gasteiger partial charge in [0.1, 0.15) is 29.8 Å². The summed E-state index contributed by atoms with van der Waals surface area (Å²) in [5, 5.41) is 10.5. The summed E-state index contributed by atoms with van der Waals surface area (Å²) < 4.78 is 105. The van der Waals surface area contributed by atoms with Gasteiger partial charge in [-0.2, -0.15) is 0 Å². The largest absolute Gasteiger partial charge is 0.478 e. The lowest BCUT2D eigenvalue weighted by molar-refractivity contribution is 0.0697. The lowest BCUT2D eigenvalue weighted by atomic mass is 9.82. The van der Waals surface area contributed by atoms with E-state index in [0.29, 0.717) is 31.6 Å². The van der Waals surface area contributed by atoms with Crippen LogP contribution in [0, 0.1) is 0 Å². The highest BCUT2D eigenvalue weighted by Crippen LogP contribution is 2.43. The molecular formula is C30H31N2O3+. The van der Waals surface area contributed by atoms with Crippen molar-refractivity contribution in [1.29, 1.82) is 0 Å². The van der Waals surface area contributed by atoms with Crippen LogP contribution in [0.3, 0.4) is 0 Å². The molecule has 3 heterocycles. The molecular weight excluding hydrogens is 436 g/mol. The van der Waals surface area contributed by atoms with Gasteiger partial charge in [-0.15, -0.1) is 0 Å². The molecule has 0 bridgehead atoms. The van der Waals surface area contributed by atoms with Crippen molar-refractivity contribution in [1.82, 2.24) is 4.58 Å². The van der Waals surface area contributed by atoms with Gasteiger partial charge in [0.15, 0.2) is 0 Å². The van der Waals surface area contributed by atoms with Gasteiger partial charge in [-0.1, -0.05) is 26.8 Å². The van der Waals surface area contributed by atoms with Crippen LogP contribution >= 0.6 is 0 Å². The van der Waals surface area contributed by atoms with Crippen LogP contribution in [-0.2, 0) is 5.41 Å². The van der Waals surface area contributed by atoms with Crippen LogP contribution in [-0.4, -0.2) is 37.1 Å². The summed E-state index contributed by atoms with van der Waals surface area (Å²) >= 11 is 0. The van der Waals surface area contributed by atoms with Gasteiger partial charge in [-0.25, -0.2) is 9.37 Å². The van der Waals surface area contributed by atoms with E-state index in [-0.39, 0.29) is 28.0 Å². The van der Waals surface area contributed by atoms with Crippen molar-refractivity contribution in [3.8, 4) is 22.5 Å². The third-order valence-electron chi connectivity index (χ3n) is 6.26. The summed E-state index contributed by atoms with van der Waals surface area (Å²) in [5.74, 6) is -1.19. The number of hydrogen-bond donors (Lipinski definition) is 1. The maximum Gasteiger partial charge on any atom is 0.336 e. The molecule has 35 heavy (non-hydrogen) atoms. The maximum absolute atomic E-state index is 12.5. The third kappa shape index (κ3) is 3.70. The summed E-state index contributed by atoms with van der Waals surface area (Å²) in [7, 11) is 0. The Labute approximate surface area is 222 Å². The molecule has 0 aromatic heterocycles. The van der Waals surface area contributed by atoms with Gasteiger partial charge in [0, 0.05) is 58.3 Å². The van der Waals surface area contributed by atoms with Crippen LogP contribution in [0.2, 0.25) is 0 Å².